The number of rotatable bonds is 3. The fourth-order valence-corrected chi connectivity index (χ4v) is 1.70. The average Bonchev–Trinajstić information content (AvgIpc) is 2.63. The standard InChI is InChI=1S/C12H10O.C8H8.2Na.H2O4S/c1-3-7-11(8-4-1)13-12-9-5-2-6-10-12;1-2-8-6-4-3-5-7-8;;;1-5(2,3)4/h1-10H;2-7H,1H2;;;(H2,1,2,3,4)/q;;2*+1;/p-2. The van der Waals surface area contributed by atoms with Crippen LogP contribution in [0.5, 0.6) is 11.5 Å². The summed E-state index contributed by atoms with van der Waals surface area (Å²) < 4.78 is 39.7. The van der Waals surface area contributed by atoms with Crippen LogP contribution in [0.3, 0.4) is 0 Å². The van der Waals surface area contributed by atoms with Crippen LogP contribution in [0.4, 0.5) is 0 Å². The fraction of sp³-hybridized carbons (Fsp3) is 0. The number of para-hydroxylation sites is 2. The summed E-state index contributed by atoms with van der Waals surface area (Å²) in [5.41, 5.74) is 1.17. The number of hydrogen-bond acceptors (Lipinski definition) is 5. The molecule has 8 heteroatoms. The van der Waals surface area contributed by atoms with Crippen molar-refractivity contribution < 1.29 is 81.4 Å². The van der Waals surface area contributed by atoms with E-state index < -0.39 is 10.4 Å². The predicted molar refractivity (Wildman–Crippen MR) is 100.0 cm³/mol. The van der Waals surface area contributed by atoms with Crippen molar-refractivity contribution >= 4 is 16.5 Å². The first-order valence-corrected chi connectivity index (χ1v) is 8.84. The topological polar surface area (TPSA) is 89.5 Å². The van der Waals surface area contributed by atoms with Crippen molar-refractivity contribution in [3.05, 3.63) is 103 Å². The molecular formula is C20H18Na2O5S. The maximum atomic E-state index is 8.52. The van der Waals surface area contributed by atoms with Crippen molar-refractivity contribution in [2.75, 3.05) is 0 Å². The number of ether oxygens (including phenoxy) is 1. The van der Waals surface area contributed by atoms with Gasteiger partial charge in [-0.25, -0.2) is 0 Å². The van der Waals surface area contributed by atoms with E-state index in [2.05, 4.69) is 6.58 Å². The van der Waals surface area contributed by atoms with E-state index in [4.69, 9.17) is 22.3 Å². The zero-order valence-corrected chi connectivity index (χ0v) is 20.7. The van der Waals surface area contributed by atoms with Gasteiger partial charge < -0.3 is 13.8 Å². The first-order valence-electron chi connectivity index (χ1n) is 7.50. The van der Waals surface area contributed by atoms with Gasteiger partial charge in [-0.05, 0) is 29.8 Å². The van der Waals surface area contributed by atoms with Crippen LogP contribution in [0.15, 0.2) is 97.6 Å². The fourth-order valence-electron chi connectivity index (χ4n) is 1.70. The van der Waals surface area contributed by atoms with Crippen LogP contribution in [0.25, 0.3) is 6.08 Å². The first kappa shape index (κ1) is 29.3. The van der Waals surface area contributed by atoms with Crippen LogP contribution < -0.4 is 63.9 Å². The van der Waals surface area contributed by atoms with Gasteiger partial charge in [0.1, 0.15) is 11.5 Å². The van der Waals surface area contributed by atoms with Gasteiger partial charge in [0.15, 0.2) is 0 Å². The molecule has 0 atom stereocenters. The second-order valence-electron chi connectivity index (χ2n) is 4.75. The third kappa shape index (κ3) is 17.2. The first-order chi connectivity index (χ1) is 12.4. The van der Waals surface area contributed by atoms with Crippen molar-refractivity contribution in [2.45, 2.75) is 0 Å². The van der Waals surface area contributed by atoms with Crippen LogP contribution in [0, 0.1) is 0 Å². The summed E-state index contributed by atoms with van der Waals surface area (Å²) in [7, 11) is -5.17. The molecule has 136 valence electrons. The molecule has 0 aliphatic rings. The van der Waals surface area contributed by atoms with E-state index in [1.807, 2.05) is 97.1 Å². The van der Waals surface area contributed by atoms with Crippen molar-refractivity contribution in [3.63, 3.8) is 0 Å². The van der Waals surface area contributed by atoms with E-state index in [1.54, 1.807) is 0 Å². The molecule has 3 aromatic carbocycles. The zero-order chi connectivity index (χ0) is 19.3. The van der Waals surface area contributed by atoms with Gasteiger partial charge in [-0.3, -0.25) is 8.42 Å². The van der Waals surface area contributed by atoms with Crippen LogP contribution >= 0.6 is 0 Å². The minimum Gasteiger partial charge on any atom is -0.759 e. The van der Waals surface area contributed by atoms with E-state index in [0.29, 0.717) is 0 Å². The molecule has 0 spiro atoms. The summed E-state index contributed by atoms with van der Waals surface area (Å²) in [6.45, 7) is 3.63. The second kappa shape index (κ2) is 17.0. The Labute approximate surface area is 210 Å². The third-order valence-electron chi connectivity index (χ3n) is 2.76. The Morgan fingerprint density at radius 3 is 1.21 bits per heavy atom. The summed E-state index contributed by atoms with van der Waals surface area (Å²) in [5, 5.41) is 0. The van der Waals surface area contributed by atoms with Gasteiger partial charge in [0.05, 0.1) is 0 Å². The zero-order valence-electron chi connectivity index (χ0n) is 15.9. The Kier molecular flexibility index (Phi) is 17.7. The minimum absolute atomic E-state index is 0. The van der Waals surface area contributed by atoms with E-state index in [1.165, 1.54) is 5.56 Å². The van der Waals surface area contributed by atoms with Crippen molar-refractivity contribution in [3.8, 4) is 11.5 Å². The molecule has 0 N–H and O–H groups in total. The molecule has 0 aliphatic carbocycles. The summed E-state index contributed by atoms with van der Waals surface area (Å²) in [4.78, 5) is 0. The molecule has 0 saturated heterocycles. The van der Waals surface area contributed by atoms with Gasteiger partial charge in [-0.15, -0.1) is 0 Å². The Morgan fingerprint density at radius 2 is 0.964 bits per heavy atom. The van der Waals surface area contributed by atoms with Crippen molar-refractivity contribution in [2.24, 2.45) is 0 Å². The summed E-state index contributed by atoms with van der Waals surface area (Å²) in [6, 6.07) is 29.5. The average molecular weight is 416 g/mol. The largest absolute Gasteiger partial charge is 1.00 e. The van der Waals surface area contributed by atoms with Crippen LogP contribution in [-0.4, -0.2) is 17.5 Å². The Morgan fingerprint density at radius 1 is 0.679 bits per heavy atom. The smallest absolute Gasteiger partial charge is 0.759 e. The second-order valence-corrected chi connectivity index (χ2v) is 5.57. The minimum atomic E-state index is -5.17. The molecule has 0 amide bonds. The van der Waals surface area contributed by atoms with Crippen LogP contribution in [0.2, 0.25) is 0 Å². The van der Waals surface area contributed by atoms with Crippen molar-refractivity contribution in [1.29, 1.82) is 0 Å². The van der Waals surface area contributed by atoms with Gasteiger partial charge >= 0.3 is 59.1 Å². The van der Waals surface area contributed by atoms with Gasteiger partial charge in [0.25, 0.3) is 0 Å². The third-order valence-corrected chi connectivity index (χ3v) is 2.76. The van der Waals surface area contributed by atoms with Gasteiger partial charge in [-0.1, -0.05) is 79.4 Å². The number of hydrogen-bond donors (Lipinski definition) is 0. The molecule has 0 aromatic heterocycles. The maximum Gasteiger partial charge on any atom is 1.00 e. The van der Waals surface area contributed by atoms with E-state index >= 15 is 0 Å². The molecule has 0 fully saturated rings. The molecule has 0 aliphatic heterocycles. The SMILES string of the molecule is C=Cc1ccccc1.O=S(=O)([O-])[O-].[Na+].[Na+].c1ccc(Oc2ccccc2)cc1. The van der Waals surface area contributed by atoms with Crippen LogP contribution in [-0.2, 0) is 10.4 Å². The molecule has 3 aromatic rings. The Bertz CT molecular complexity index is 813. The van der Waals surface area contributed by atoms with E-state index in [0.717, 1.165) is 11.5 Å². The quantitative estimate of drug-likeness (QED) is 0.294. The van der Waals surface area contributed by atoms with Gasteiger partial charge in [0, 0.05) is 10.4 Å². The molecule has 0 saturated carbocycles. The van der Waals surface area contributed by atoms with Gasteiger partial charge in [0.2, 0.25) is 0 Å². The molecular weight excluding hydrogens is 398 g/mol. The predicted octanol–water partition coefficient (Wildman–Crippen LogP) is -1.52. The molecule has 0 radical (unpaired) electrons. The molecule has 3 rings (SSSR count). The monoisotopic (exact) mass is 416 g/mol. The molecule has 0 unspecified atom stereocenters. The Hall–Kier alpha value is -0.930. The summed E-state index contributed by atoms with van der Waals surface area (Å²) >= 11 is 0. The summed E-state index contributed by atoms with van der Waals surface area (Å²) in [6.07, 6.45) is 1.83. The number of benzene rings is 3. The maximum absolute atomic E-state index is 8.52. The molecule has 0 heterocycles. The normalized spacial score (nSPS) is 8.93. The van der Waals surface area contributed by atoms with Gasteiger partial charge in [-0.2, -0.15) is 0 Å². The van der Waals surface area contributed by atoms with E-state index in [-0.39, 0.29) is 59.1 Å². The van der Waals surface area contributed by atoms with Crippen LogP contribution in [0.1, 0.15) is 5.56 Å². The summed E-state index contributed by atoms with van der Waals surface area (Å²) in [5.74, 6) is 1.74. The Balaban J connectivity index is 0. The van der Waals surface area contributed by atoms with E-state index in [9.17, 15) is 0 Å². The molecule has 28 heavy (non-hydrogen) atoms. The molecule has 0 bridgehead atoms. The molecule has 5 nitrogen and oxygen atoms in total. The van der Waals surface area contributed by atoms with Crippen molar-refractivity contribution in [1.82, 2.24) is 0 Å².